The van der Waals surface area contributed by atoms with Crippen molar-refractivity contribution in [2.75, 3.05) is 37.8 Å². The van der Waals surface area contributed by atoms with Crippen LogP contribution in [0.1, 0.15) is 44.6 Å². The average Bonchev–Trinajstić information content (AvgIpc) is 3.44. The molecule has 11 heteroatoms. The number of carbonyl (C=O) groups excluding carboxylic acids is 2. The molecule has 1 atom stereocenters. The van der Waals surface area contributed by atoms with Crippen LogP contribution in [0.2, 0.25) is 0 Å². The highest BCUT2D eigenvalue weighted by Gasteiger charge is 2.32. The smallest absolute Gasteiger partial charge is 0.293 e. The number of amides is 2. The quantitative estimate of drug-likeness (QED) is 0.324. The van der Waals surface area contributed by atoms with E-state index in [1.165, 1.54) is 38.5 Å². The van der Waals surface area contributed by atoms with E-state index in [4.69, 9.17) is 0 Å². The van der Waals surface area contributed by atoms with Crippen LogP contribution < -0.4 is 16.2 Å². The number of hydrogen-bond donors (Lipinski definition) is 2. The number of nitrogens with one attached hydrogen (secondary N) is 2. The molecule has 0 radical (unpaired) electrons. The minimum absolute atomic E-state index is 0.0436. The van der Waals surface area contributed by atoms with Crippen LogP contribution in [0.25, 0.3) is 11.3 Å². The Morgan fingerprint density at radius 2 is 1.77 bits per heavy atom. The number of aryl methyl sites for hydroxylation is 3. The monoisotopic (exact) mass is 600 g/mol. The SMILES string of the molecule is CN1CCN(C)C(c2ccc(Nc3nc(-c4ccc(F)c(NC(=O)c5cc6c(s5)CCCC6)c4)cn(C)c3=O)cc2)C1=O. The molecular formula is C32H33FN6O3S. The molecule has 4 aromatic rings. The summed E-state index contributed by atoms with van der Waals surface area (Å²) in [5.74, 6) is -0.767. The molecular weight excluding hydrogens is 567 g/mol. The Kier molecular flexibility index (Phi) is 7.85. The number of thiophene rings is 1. The number of anilines is 3. The maximum atomic E-state index is 14.8. The molecule has 2 aromatic heterocycles. The fraction of sp³-hybridized carbons (Fsp3) is 0.312. The van der Waals surface area contributed by atoms with Gasteiger partial charge in [0, 0.05) is 49.5 Å². The molecule has 2 N–H and O–H groups in total. The summed E-state index contributed by atoms with van der Waals surface area (Å²) < 4.78 is 16.2. The van der Waals surface area contributed by atoms with Gasteiger partial charge >= 0.3 is 0 Å². The molecule has 1 aliphatic carbocycles. The summed E-state index contributed by atoms with van der Waals surface area (Å²) in [6, 6.07) is 13.3. The molecule has 2 amide bonds. The highest BCUT2D eigenvalue weighted by Crippen LogP contribution is 2.31. The Bertz CT molecular complexity index is 1740. The lowest BCUT2D eigenvalue weighted by Crippen LogP contribution is -2.48. The average molecular weight is 601 g/mol. The Morgan fingerprint density at radius 3 is 2.53 bits per heavy atom. The molecule has 1 saturated heterocycles. The first kappa shape index (κ1) is 28.8. The lowest BCUT2D eigenvalue weighted by molar-refractivity contribution is -0.139. The molecule has 1 aliphatic heterocycles. The number of aromatic nitrogens is 2. The van der Waals surface area contributed by atoms with E-state index in [9.17, 15) is 18.8 Å². The third kappa shape index (κ3) is 5.82. The molecule has 0 spiro atoms. The Morgan fingerprint density at radius 1 is 1.00 bits per heavy atom. The van der Waals surface area contributed by atoms with Crippen molar-refractivity contribution in [1.82, 2.24) is 19.4 Å². The van der Waals surface area contributed by atoms with Crippen LogP contribution in [0.15, 0.2) is 59.5 Å². The van der Waals surface area contributed by atoms with Gasteiger partial charge in [0.05, 0.1) is 16.3 Å². The van der Waals surface area contributed by atoms with Gasteiger partial charge in [0.2, 0.25) is 5.91 Å². The molecule has 6 rings (SSSR count). The molecule has 43 heavy (non-hydrogen) atoms. The van der Waals surface area contributed by atoms with Gasteiger partial charge in [0.1, 0.15) is 11.9 Å². The summed E-state index contributed by atoms with van der Waals surface area (Å²) in [5, 5.41) is 5.81. The van der Waals surface area contributed by atoms with Gasteiger partial charge in [-0.05, 0) is 80.3 Å². The topological polar surface area (TPSA) is 99.6 Å². The first-order valence-corrected chi connectivity index (χ1v) is 15.1. The molecule has 9 nitrogen and oxygen atoms in total. The first-order valence-electron chi connectivity index (χ1n) is 14.3. The minimum Gasteiger partial charge on any atom is -0.343 e. The number of halogens is 1. The summed E-state index contributed by atoms with van der Waals surface area (Å²) in [6.07, 6.45) is 5.76. The second kappa shape index (κ2) is 11.7. The summed E-state index contributed by atoms with van der Waals surface area (Å²) >= 11 is 1.47. The van der Waals surface area contributed by atoms with Crippen LogP contribution in [0.5, 0.6) is 0 Å². The highest BCUT2D eigenvalue weighted by atomic mass is 32.1. The third-order valence-electron chi connectivity index (χ3n) is 8.13. The van der Waals surface area contributed by atoms with Crippen LogP contribution in [0.4, 0.5) is 21.6 Å². The van der Waals surface area contributed by atoms with E-state index >= 15 is 0 Å². The number of carbonyl (C=O) groups is 2. The van der Waals surface area contributed by atoms with Crippen molar-refractivity contribution in [3.05, 3.63) is 91.8 Å². The number of fused-ring (bicyclic) bond motifs is 1. The Hall–Kier alpha value is -4.35. The van der Waals surface area contributed by atoms with E-state index in [1.807, 2.05) is 42.3 Å². The summed E-state index contributed by atoms with van der Waals surface area (Å²) in [5.41, 5.74) is 3.39. The second-order valence-corrected chi connectivity index (χ2v) is 12.3. The molecule has 222 valence electrons. The number of benzene rings is 2. The van der Waals surface area contributed by atoms with Gasteiger partial charge in [-0.3, -0.25) is 19.3 Å². The van der Waals surface area contributed by atoms with E-state index in [2.05, 4.69) is 15.6 Å². The van der Waals surface area contributed by atoms with Crippen LogP contribution in [-0.2, 0) is 24.7 Å². The van der Waals surface area contributed by atoms with E-state index in [0.29, 0.717) is 28.4 Å². The first-order chi connectivity index (χ1) is 20.7. The van der Waals surface area contributed by atoms with Crippen LogP contribution in [0.3, 0.4) is 0 Å². The largest absolute Gasteiger partial charge is 0.343 e. The van der Waals surface area contributed by atoms with Crippen molar-refractivity contribution in [2.45, 2.75) is 31.7 Å². The Labute approximate surface area is 253 Å². The molecule has 2 aromatic carbocycles. The third-order valence-corrected chi connectivity index (χ3v) is 9.37. The minimum atomic E-state index is -0.560. The number of rotatable bonds is 6. The maximum Gasteiger partial charge on any atom is 0.293 e. The van der Waals surface area contributed by atoms with Crippen LogP contribution >= 0.6 is 11.3 Å². The van der Waals surface area contributed by atoms with E-state index in [1.54, 1.807) is 31.3 Å². The van der Waals surface area contributed by atoms with Gasteiger partial charge < -0.3 is 20.1 Å². The predicted molar refractivity (Wildman–Crippen MR) is 167 cm³/mol. The van der Waals surface area contributed by atoms with E-state index in [-0.39, 0.29) is 34.9 Å². The second-order valence-electron chi connectivity index (χ2n) is 11.2. The number of likely N-dealkylation sites (N-methyl/N-ethyl adjacent to an activating group) is 2. The van der Waals surface area contributed by atoms with Crippen molar-refractivity contribution >= 4 is 40.3 Å². The lowest BCUT2D eigenvalue weighted by Gasteiger charge is -2.37. The molecule has 3 heterocycles. The van der Waals surface area contributed by atoms with Gasteiger partial charge in [-0.2, -0.15) is 0 Å². The molecule has 2 aliphatic rings. The summed E-state index contributed by atoms with van der Waals surface area (Å²) in [6.45, 7) is 1.47. The van der Waals surface area contributed by atoms with Crippen molar-refractivity contribution in [3.8, 4) is 11.3 Å². The van der Waals surface area contributed by atoms with E-state index in [0.717, 1.165) is 37.8 Å². The fourth-order valence-corrected chi connectivity index (χ4v) is 6.77. The van der Waals surface area contributed by atoms with Gasteiger partial charge in [0.15, 0.2) is 5.82 Å². The summed E-state index contributed by atoms with van der Waals surface area (Å²) in [4.78, 5) is 48.8. The zero-order chi connectivity index (χ0) is 30.2. The van der Waals surface area contributed by atoms with Crippen molar-refractivity contribution in [2.24, 2.45) is 7.05 Å². The van der Waals surface area contributed by atoms with Gasteiger partial charge in [-0.15, -0.1) is 11.3 Å². The molecule has 1 fully saturated rings. The van der Waals surface area contributed by atoms with Gasteiger partial charge in [-0.25, -0.2) is 9.37 Å². The highest BCUT2D eigenvalue weighted by molar-refractivity contribution is 7.14. The molecule has 0 bridgehead atoms. The standard InChI is InChI=1S/C32H33FN6O3S/c1-37-14-15-38(2)31(41)28(37)19-8-11-22(12-9-19)34-29-32(42)39(3)18-25(35-29)20-10-13-23(33)24(16-20)36-30(40)27-17-21-6-4-5-7-26(21)43-27/h8-13,16-18,28H,4-7,14-15H2,1-3H3,(H,34,35)(H,36,40). The zero-order valence-electron chi connectivity index (χ0n) is 24.3. The Balaban J connectivity index is 1.23. The van der Waals surface area contributed by atoms with Gasteiger partial charge in [-0.1, -0.05) is 12.1 Å². The van der Waals surface area contributed by atoms with Crippen LogP contribution in [0, 0.1) is 5.82 Å². The predicted octanol–water partition coefficient (Wildman–Crippen LogP) is 4.97. The fourth-order valence-electron chi connectivity index (χ4n) is 5.62. The number of piperazine rings is 1. The molecule has 1 unspecified atom stereocenters. The number of hydrogen-bond acceptors (Lipinski definition) is 7. The number of nitrogens with zero attached hydrogens (tertiary/aromatic N) is 4. The summed E-state index contributed by atoms with van der Waals surface area (Å²) in [7, 11) is 5.36. The van der Waals surface area contributed by atoms with Crippen LogP contribution in [-0.4, -0.2) is 58.4 Å². The maximum absolute atomic E-state index is 14.8. The van der Waals surface area contributed by atoms with Crippen molar-refractivity contribution in [1.29, 1.82) is 0 Å². The zero-order valence-corrected chi connectivity index (χ0v) is 25.1. The van der Waals surface area contributed by atoms with Gasteiger partial charge in [0.25, 0.3) is 11.5 Å². The normalized spacial score (nSPS) is 17.1. The van der Waals surface area contributed by atoms with Crippen molar-refractivity contribution < 1.29 is 14.0 Å². The lowest BCUT2D eigenvalue weighted by atomic mass is 9.99. The van der Waals surface area contributed by atoms with Crippen molar-refractivity contribution in [3.63, 3.8) is 0 Å². The van der Waals surface area contributed by atoms with E-state index < -0.39 is 5.82 Å². The molecule has 0 saturated carbocycles.